The fourth-order valence-electron chi connectivity index (χ4n) is 1.34. The number of hydrogen-bond donors (Lipinski definition) is 0. The third-order valence-corrected chi connectivity index (χ3v) is 5.83. The Morgan fingerprint density at radius 3 is 2.69 bits per heavy atom. The predicted octanol–water partition coefficient (Wildman–Crippen LogP) is 3.67. The summed E-state index contributed by atoms with van der Waals surface area (Å²) in [7, 11) is 3.57. The van der Waals surface area contributed by atoms with Crippen LogP contribution in [-0.4, -0.2) is 12.8 Å². The first-order valence-corrected chi connectivity index (χ1v) is 8.44. The van der Waals surface area contributed by atoms with Gasteiger partial charge in [0.15, 0.2) is 0 Å². The van der Waals surface area contributed by atoms with Crippen molar-refractivity contribution in [1.29, 1.82) is 0 Å². The lowest BCUT2D eigenvalue weighted by atomic mass is 10.2. The molecule has 1 heterocycles. The van der Waals surface area contributed by atoms with Crippen molar-refractivity contribution in [2.24, 2.45) is 4.99 Å². The lowest BCUT2D eigenvalue weighted by Gasteiger charge is -1.95. The first-order valence-electron chi connectivity index (χ1n) is 5.07. The number of thioether (sulfide) groups is 1. The highest BCUT2D eigenvalue weighted by Gasteiger charge is 1.94. The van der Waals surface area contributed by atoms with Gasteiger partial charge >= 0.3 is 0 Å². The molecule has 0 spiro atoms. The van der Waals surface area contributed by atoms with E-state index in [1.807, 2.05) is 6.07 Å². The van der Waals surface area contributed by atoms with Crippen LogP contribution >= 0.6 is 32.4 Å². The first-order chi connectivity index (χ1) is 7.88. The lowest BCUT2D eigenvalue weighted by molar-refractivity contribution is 0.943. The van der Waals surface area contributed by atoms with E-state index in [9.17, 15) is 0 Å². The minimum absolute atomic E-state index is 0.880. The summed E-state index contributed by atoms with van der Waals surface area (Å²) in [6, 6.07) is 12.7. The molecule has 0 bridgehead atoms. The third-order valence-electron chi connectivity index (χ3n) is 2.16. The summed E-state index contributed by atoms with van der Waals surface area (Å²) in [5.74, 6) is 0. The van der Waals surface area contributed by atoms with Crippen LogP contribution in [0.4, 0.5) is 0 Å². The van der Waals surface area contributed by atoms with Crippen LogP contribution in [0.3, 0.4) is 0 Å². The molecule has 0 fully saturated rings. The SMILES string of the molecule is CSc1cc(=NCCc2ccccc2)ss1. The van der Waals surface area contributed by atoms with Crippen LogP contribution in [0.25, 0.3) is 0 Å². The Morgan fingerprint density at radius 1 is 1.19 bits per heavy atom. The van der Waals surface area contributed by atoms with Crippen molar-refractivity contribution in [3.8, 4) is 0 Å². The average Bonchev–Trinajstić information content (AvgIpc) is 2.78. The number of nitrogens with zero attached hydrogens (tertiary/aromatic N) is 1. The lowest BCUT2D eigenvalue weighted by Crippen LogP contribution is -1.96. The standard InChI is InChI=1S/C12H13NS3/c1-14-12-9-11(15-16-12)13-8-7-10-5-3-2-4-6-10/h2-6,9H,7-8H2,1H3. The molecule has 0 aliphatic rings. The maximum atomic E-state index is 4.59. The topological polar surface area (TPSA) is 12.4 Å². The van der Waals surface area contributed by atoms with E-state index >= 15 is 0 Å². The molecule has 84 valence electrons. The maximum Gasteiger partial charge on any atom is 0.122 e. The van der Waals surface area contributed by atoms with Gasteiger partial charge in [0.2, 0.25) is 0 Å². The van der Waals surface area contributed by atoms with Gasteiger partial charge in [-0.15, -0.1) is 11.8 Å². The minimum Gasteiger partial charge on any atom is -0.273 e. The Morgan fingerprint density at radius 2 is 2.00 bits per heavy atom. The van der Waals surface area contributed by atoms with Gasteiger partial charge in [0.1, 0.15) is 4.67 Å². The monoisotopic (exact) mass is 267 g/mol. The molecule has 0 atom stereocenters. The fraction of sp³-hybridized carbons (Fsp3) is 0.250. The summed E-state index contributed by atoms with van der Waals surface area (Å²) in [6.45, 7) is 0.880. The van der Waals surface area contributed by atoms with E-state index < -0.39 is 0 Å². The average molecular weight is 267 g/mol. The largest absolute Gasteiger partial charge is 0.273 e. The van der Waals surface area contributed by atoms with Gasteiger partial charge in [-0.25, -0.2) is 0 Å². The Labute approximate surface area is 107 Å². The van der Waals surface area contributed by atoms with Crippen LogP contribution < -0.4 is 4.67 Å². The Balaban J connectivity index is 1.94. The first kappa shape index (κ1) is 11.9. The summed E-state index contributed by atoms with van der Waals surface area (Å²) in [5, 5.41) is 0. The molecular formula is C12H13NS3. The van der Waals surface area contributed by atoms with Crippen LogP contribution in [0.15, 0.2) is 45.6 Å². The van der Waals surface area contributed by atoms with Crippen LogP contribution in [0.5, 0.6) is 0 Å². The molecular weight excluding hydrogens is 254 g/mol. The van der Waals surface area contributed by atoms with E-state index in [0.717, 1.165) is 17.6 Å². The summed E-state index contributed by atoms with van der Waals surface area (Å²) < 4.78 is 2.51. The third kappa shape index (κ3) is 3.47. The van der Waals surface area contributed by atoms with Crippen molar-refractivity contribution in [3.63, 3.8) is 0 Å². The summed E-state index contributed by atoms with van der Waals surface area (Å²) in [4.78, 5) is 4.59. The maximum absolute atomic E-state index is 4.59. The second-order valence-corrected chi connectivity index (χ2v) is 6.59. The van der Waals surface area contributed by atoms with Gasteiger partial charge in [-0.05, 0) is 24.3 Å². The van der Waals surface area contributed by atoms with Crippen LogP contribution in [0.2, 0.25) is 0 Å². The zero-order chi connectivity index (χ0) is 11.2. The van der Waals surface area contributed by atoms with Crippen molar-refractivity contribution < 1.29 is 0 Å². The van der Waals surface area contributed by atoms with Gasteiger partial charge in [0.25, 0.3) is 0 Å². The molecule has 0 amide bonds. The predicted molar refractivity (Wildman–Crippen MR) is 74.6 cm³/mol. The van der Waals surface area contributed by atoms with Gasteiger partial charge in [-0.3, -0.25) is 4.99 Å². The van der Waals surface area contributed by atoms with Gasteiger partial charge in [0.05, 0.1) is 4.21 Å². The molecule has 0 radical (unpaired) electrons. The Bertz CT molecular complexity index is 484. The van der Waals surface area contributed by atoms with Crippen molar-refractivity contribution >= 4 is 32.4 Å². The highest BCUT2D eigenvalue weighted by molar-refractivity contribution is 8.02. The zero-order valence-electron chi connectivity index (χ0n) is 9.05. The number of hydrogen-bond acceptors (Lipinski definition) is 4. The van der Waals surface area contributed by atoms with Crippen LogP contribution in [-0.2, 0) is 6.42 Å². The zero-order valence-corrected chi connectivity index (χ0v) is 11.5. The second kappa shape index (κ2) is 6.23. The minimum atomic E-state index is 0.880. The van der Waals surface area contributed by atoms with Crippen molar-refractivity contribution in [2.45, 2.75) is 10.6 Å². The number of rotatable bonds is 4. The smallest absolute Gasteiger partial charge is 0.122 e. The van der Waals surface area contributed by atoms with E-state index in [1.165, 1.54) is 9.77 Å². The molecule has 1 aromatic carbocycles. The molecule has 4 heteroatoms. The Hall–Kier alpha value is -0.580. The summed E-state index contributed by atoms with van der Waals surface area (Å²) in [6.07, 6.45) is 3.13. The second-order valence-electron chi connectivity index (χ2n) is 3.29. The molecule has 0 unspecified atom stereocenters. The molecule has 0 N–H and O–H groups in total. The fourth-order valence-corrected chi connectivity index (χ4v) is 4.49. The van der Waals surface area contributed by atoms with Gasteiger partial charge in [-0.1, -0.05) is 51.0 Å². The van der Waals surface area contributed by atoms with Gasteiger partial charge < -0.3 is 0 Å². The van der Waals surface area contributed by atoms with Crippen molar-refractivity contribution in [2.75, 3.05) is 12.8 Å². The summed E-state index contributed by atoms with van der Waals surface area (Å²) >= 11 is 1.79. The van der Waals surface area contributed by atoms with Gasteiger partial charge in [0, 0.05) is 6.54 Å². The Kier molecular flexibility index (Phi) is 4.63. The molecule has 1 aromatic heterocycles. The van der Waals surface area contributed by atoms with Gasteiger partial charge in [-0.2, -0.15) is 0 Å². The molecule has 0 aliphatic heterocycles. The molecule has 16 heavy (non-hydrogen) atoms. The summed E-state index contributed by atoms with van der Waals surface area (Å²) in [5.41, 5.74) is 1.36. The van der Waals surface area contributed by atoms with Crippen molar-refractivity contribution in [3.05, 3.63) is 46.6 Å². The van der Waals surface area contributed by atoms with E-state index in [0.29, 0.717) is 0 Å². The molecule has 0 saturated heterocycles. The highest BCUT2D eigenvalue weighted by atomic mass is 32.9. The molecule has 1 nitrogen and oxygen atoms in total. The molecule has 0 saturated carbocycles. The van der Waals surface area contributed by atoms with Crippen LogP contribution in [0.1, 0.15) is 5.56 Å². The normalized spacial score (nSPS) is 11.9. The molecule has 2 rings (SSSR count). The molecule has 0 aliphatic carbocycles. The van der Waals surface area contributed by atoms with E-state index in [4.69, 9.17) is 0 Å². The van der Waals surface area contributed by atoms with E-state index in [-0.39, 0.29) is 0 Å². The quantitative estimate of drug-likeness (QED) is 0.608. The highest BCUT2D eigenvalue weighted by Crippen LogP contribution is 2.20. The van der Waals surface area contributed by atoms with E-state index in [2.05, 4.69) is 41.6 Å². The van der Waals surface area contributed by atoms with Crippen molar-refractivity contribution in [1.82, 2.24) is 0 Å². The van der Waals surface area contributed by atoms with E-state index in [1.54, 1.807) is 32.4 Å². The molecule has 2 aromatic rings. The number of benzene rings is 1. The van der Waals surface area contributed by atoms with Crippen LogP contribution in [0, 0.1) is 0 Å².